The molecule has 3 heterocycles. The highest BCUT2D eigenvalue weighted by molar-refractivity contribution is 6.08. The maximum Gasteiger partial charge on any atom is 0.258 e. The number of fused-ring (bicyclic) bond motifs is 3. The second-order valence-corrected chi connectivity index (χ2v) is 6.32. The van der Waals surface area contributed by atoms with Crippen LogP contribution in [0.4, 0.5) is 5.69 Å². The maximum absolute atomic E-state index is 12.7. The van der Waals surface area contributed by atoms with Gasteiger partial charge in [0, 0.05) is 30.4 Å². The number of aromatic nitrogens is 2. The smallest absolute Gasteiger partial charge is 0.258 e. The Labute approximate surface area is 130 Å². The summed E-state index contributed by atoms with van der Waals surface area (Å²) in [6.07, 6.45) is 10.0. The van der Waals surface area contributed by atoms with E-state index in [1.165, 1.54) is 32.1 Å². The summed E-state index contributed by atoms with van der Waals surface area (Å²) in [5, 5.41) is 1.08. The summed E-state index contributed by atoms with van der Waals surface area (Å²) in [6, 6.07) is 2.58. The first-order chi connectivity index (χ1) is 10.8. The molecule has 1 amide bonds. The van der Waals surface area contributed by atoms with Gasteiger partial charge in [-0.05, 0) is 25.8 Å². The number of aromatic amines is 1. The maximum atomic E-state index is 12.7. The van der Waals surface area contributed by atoms with Crippen LogP contribution < -0.4 is 4.90 Å². The van der Waals surface area contributed by atoms with Crippen LogP contribution >= 0.6 is 0 Å². The van der Waals surface area contributed by atoms with Crippen molar-refractivity contribution < 1.29 is 4.79 Å². The quantitative estimate of drug-likeness (QED) is 0.926. The molecule has 0 aromatic carbocycles. The Kier molecular flexibility index (Phi) is 3.28. The Balaban J connectivity index is 1.86. The highest BCUT2D eigenvalue weighted by atomic mass is 16.2. The van der Waals surface area contributed by atoms with Gasteiger partial charge in [0.1, 0.15) is 5.65 Å². The van der Waals surface area contributed by atoms with E-state index in [0.717, 1.165) is 28.8 Å². The number of anilines is 1. The van der Waals surface area contributed by atoms with E-state index in [4.69, 9.17) is 0 Å². The number of rotatable bonds is 2. The first-order valence-corrected chi connectivity index (χ1v) is 8.31. The summed E-state index contributed by atoms with van der Waals surface area (Å²) in [7, 11) is 0. The van der Waals surface area contributed by atoms with Gasteiger partial charge in [-0.15, -0.1) is 0 Å². The molecule has 0 spiro atoms. The number of nitrogens with one attached hydrogen (secondary N) is 1. The zero-order valence-electron chi connectivity index (χ0n) is 13.0. The third-order valence-corrected chi connectivity index (χ3v) is 5.08. The molecule has 1 saturated carbocycles. The van der Waals surface area contributed by atoms with Crippen molar-refractivity contribution >= 4 is 22.6 Å². The molecule has 1 N–H and O–H groups in total. The monoisotopic (exact) mass is 298 g/mol. The predicted octanol–water partition coefficient (Wildman–Crippen LogP) is 3.14. The van der Waals surface area contributed by atoms with E-state index in [1.54, 1.807) is 6.20 Å². The molecule has 1 aliphatic heterocycles. The topological polar surface area (TPSA) is 52.2 Å². The highest BCUT2D eigenvalue weighted by Gasteiger charge is 2.34. The summed E-state index contributed by atoms with van der Waals surface area (Å²) in [5.41, 5.74) is 2.72. The van der Waals surface area contributed by atoms with Crippen LogP contribution in [0.3, 0.4) is 0 Å². The molecule has 4 rings (SSSR count). The number of hydrogen-bond acceptors (Lipinski definition) is 3. The summed E-state index contributed by atoms with van der Waals surface area (Å²) in [6.45, 7) is 3.49. The molecule has 2 aromatic heterocycles. The first kappa shape index (κ1) is 13.6. The molecular formula is C17H22N4O. The minimum Gasteiger partial charge on any atom is -0.349 e. The molecule has 1 fully saturated rings. The Morgan fingerprint density at radius 2 is 2.14 bits per heavy atom. The number of hydrogen-bond donors (Lipinski definition) is 1. The molecule has 1 aliphatic carbocycles. The Hall–Kier alpha value is -2.04. The first-order valence-electron chi connectivity index (χ1n) is 8.31. The molecule has 5 heteroatoms. The van der Waals surface area contributed by atoms with Gasteiger partial charge in [-0.25, -0.2) is 4.98 Å². The molecule has 116 valence electrons. The number of carbonyl (C=O) groups is 1. The van der Waals surface area contributed by atoms with Crippen molar-refractivity contribution in [2.45, 2.75) is 45.1 Å². The second-order valence-electron chi connectivity index (χ2n) is 6.32. The van der Waals surface area contributed by atoms with Gasteiger partial charge in [0.25, 0.3) is 5.91 Å². The molecule has 0 bridgehead atoms. The van der Waals surface area contributed by atoms with Crippen molar-refractivity contribution in [3.8, 4) is 0 Å². The summed E-state index contributed by atoms with van der Waals surface area (Å²) in [4.78, 5) is 24.7. The van der Waals surface area contributed by atoms with Crippen LogP contribution in [0.15, 0.2) is 18.5 Å². The zero-order chi connectivity index (χ0) is 15.1. The summed E-state index contributed by atoms with van der Waals surface area (Å²) in [5.74, 6) is 0.111. The van der Waals surface area contributed by atoms with Gasteiger partial charge in [0.05, 0.1) is 17.9 Å². The van der Waals surface area contributed by atoms with E-state index >= 15 is 0 Å². The highest BCUT2D eigenvalue weighted by Crippen LogP contribution is 2.37. The lowest BCUT2D eigenvalue weighted by Crippen LogP contribution is -2.51. The Morgan fingerprint density at radius 1 is 1.32 bits per heavy atom. The van der Waals surface area contributed by atoms with Crippen molar-refractivity contribution in [3.05, 3.63) is 24.0 Å². The number of amides is 1. The lowest BCUT2D eigenvalue weighted by Gasteiger charge is -2.43. The molecule has 0 atom stereocenters. The summed E-state index contributed by atoms with van der Waals surface area (Å²) < 4.78 is 0. The molecule has 5 nitrogen and oxygen atoms in total. The number of nitrogens with zero attached hydrogens (tertiary/aromatic N) is 3. The van der Waals surface area contributed by atoms with Gasteiger partial charge in [-0.3, -0.25) is 4.79 Å². The molecule has 0 radical (unpaired) electrons. The van der Waals surface area contributed by atoms with E-state index in [9.17, 15) is 4.79 Å². The fourth-order valence-corrected chi connectivity index (χ4v) is 3.88. The zero-order valence-corrected chi connectivity index (χ0v) is 13.0. The number of pyridine rings is 1. The third-order valence-electron chi connectivity index (χ3n) is 5.08. The van der Waals surface area contributed by atoms with Crippen LogP contribution in [0.1, 0.15) is 49.4 Å². The van der Waals surface area contributed by atoms with Crippen molar-refractivity contribution in [1.29, 1.82) is 0 Å². The molecular weight excluding hydrogens is 276 g/mol. The van der Waals surface area contributed by atoms with Gasteiger partial charge in [-0.1, -0.05) is 19.3 Å². The number of H-pyrrole nitrogens is 1. The van der Waals surface area contributed by atoms with Gasteiger partial charge < -0.3 is 14.8 Å². The van der Waals surface area contributed by atoms with E-state index < -0.39 is 0 Å². The molecule has 22 heavy (non-hydrogen) atoms. The van der Waals surface area contributed by atoms with Crippen molar-refractivity contribution in [3.63, 3.8) is 0 Å². The van der Waals surface area contributed by atoms with E-state index in [0.29, 0.717) is 12.7 Å². The standard InChI is InChI=1S/C17H22N4O/c1-2-20-11-21(12-6-4-3-5-7-12)15-13-8-9-18-16(13)19-10-14(15)17(20)22/h8-10,12H,2-7,11H2,1H3,(H,18,19). The van der Waals surface area contributed by atoms with Gasteiger partial charge in [0.15, 0.2) is 0 Å². The second kappa shape index (κ2) is 5.30. The Morgan fingerprint density at radius 3 is 2.91 bits per heavy atom. The fourth-order valence-electron chi connectivity index (χ4n) is 3.88. The minimum atomic E-state index is 0.111. The Bertz CT molecular complexity index is 702. The van der Waals surface area contributed by atoms with Crippen molar-refractivity contribution in [2.24, 2.45) is 0 Å². The number of carbonyl (C=O) groups excluding carboxylic acids is 1. The average molecular weight is 298 g/mol. The van der Waals surface area contributed by atoms with Crippen LogP contribution in [0.25, 0.3) is 11.0 Å². The predicted molar refractivity (Wildman–Crippen MR) is 87.0 cm³/mol. The van der Waals surface area contributed by atoms with E-state index in [-0.39, 0.29) is 5.91 Å². The molecule has 0 unspecified atom stereocenters. The van der Waals surface area contributed by atoms with Crippen molar-refractivity contribution in [2.75, 3.05) is 18.1 Å². The molecule has 2 aliphatic rings. The molecule has 2 aromatic rings. The van der Waals surface area contributed by atoms with Crippen LogP contribution in [0.5, 0.6) is 0 Å². The van der Waals surface area contributed by atoms with Crippen LogP contribution in [-0.2, 0) is 0 Å². The average Bonchev–Trinajstić information content (AvgIpc) is 3.05. The van der Waals surface area contributed by atoms with Gasteiger partial charge in [-0.2, -0.15) is 0 Å². The summed E-state index contributed by atoms with van der Waals surface area (Å²) >= 11 is 0. The fraction of sp³-hybridized carbons (Fsp3) is 0.529. The van der Waals surface area contributed by atoms with Crippen LogP contribution in [0.2, 0.25) is 0 Å². The van der Waals surface area contributed by atoms with Crippen LogP contribution in [0, 0.1) is 0 Å². The lowest BCUT2D eigenvalue weighted by atomic mass is 9.92. The molecule has 0 saturated heterocycles. The SMILES string of the molecule is CCN1CN(C2CCCCC2)c2c(cnc3[nH]ccc23)C1=O. The largest absolute Gasteiger partial charge is 0.349 e. The minimum absolute atomic E-state index is 0.111. The van der Waals surface area contributed by atoms with E-state index in [2.05, 4.69) is 14.9 Å². The normalized spacial score (nSPS) is 19.8. The van der Waals surface area contributed by atoms with Gasteiger partial charge in [0.2, 0.25) is 0 Å². The third kappa shape index (κ3) is 1.99. The lowest BCUT2D eigenvalue weighted by molar-refractivity contribution is 0.0743. The van der Waals surface area contributed by atoms with E-state index in [1.807, 2.05) is 24.1 Å². The van der Waals surface area contributed by atoms with Crippen molar-refractivity contribution in [1.82, 2.24) is 14.9 Å². The van der Waals surface area contributed by atoms with Crippen LogP contribution in [-0.4, -0.2) is 40.0 Å². The van der Waals surface area contributed by atoms with Gasteiger partial charge >= 0.3 is 0 Å².